The molecule has 0 saturated carbocycles. The average molecular weight is 122 g/mol. The molecular formula is C7H8NO. The van der Waals surface area contributed by atoms with Crippen molar-refractivity contribution in [2.24, 2.45) is 0 Å². The van der Waals surface area contributed by atoms with E-state index in [1.807, 2.05) is 0 Å². The molecule has 0 N–H and O–H groups in total. The van der Waals surface area contributed by atoms with Crippen LogP contribution in [0, 0.1) is 25.1 Å². The van der Waals surface area contributed by atoms with E-state index in [0.29, 0.717) is 11.4 Å². The van der Waals surface area contributed by atoms with E-state index in [-0.39, 0.29) is 0 Å². The highest BCUT2D eigenvalue weighted by molar-refractivity contribution is 4.99. The van der Waals surface area contributed by atoms with Gasteiger partial charge in [0.25, 0.3) is 0 Å². The Morgan fingerprint density at radius 3 is 2.11 bits per heavy atom. The summed E-state index contributed by atoms with van der Waals surface area (Å²) >= 11 is 0. The molecule has 0 spiro atoms. The fourth-order valence-corrected chi connectivity index (χ4v) is 0.678. The van der Waals surface area contributed by atoms with E-state index in [9.17, 15) is 5.21 Å². The molecule has 0 amide bonds. The number of hydrogen-bond acceptors (Lipinski definition) is 1. The maximum atomic E-state index is 10.9. The minimum absolute atomic E-state index is 0.690. The lowest BCUT2D eigenvalue weighted by atomic mass is 10.3. The van der Waals surface area contributed by atoms with Crippen LogP contribution in [-0.4, -0.2) is 0 Å². The predicted molar refractivity (Wildman–Crippen MR) is 33.7 cm³/mol. The lowest BCUT2D eigenvalue weighted by Gasteiger charge is -2.00. The lowest BCUT2D eigenvalue weighted by molar-refractivity contribution is -0.619. The summed E-state index contributed by atoms with van der Waals surface area (Å²) in [5.74, 6) is 0. The number of nitrogens with zero attached hydrogens (tertiary/aromatic N) is 1. The monoisotopic (exact) mass is 122 g/mol. The molecule has 1 rings (SSSR count). The van der Waals surface area contributed by atoms with Gasteiger partial charge in [0.1, 0.15) is 0 Å². The second-order valence-corrected chi connectivity index (χ2v) is 2.03. The molecule has 0 aromatic carbocycles. The van der Waals surface area contributed by atoms with Crippen molar-refractivity contribution < 1.29 is 4.73 Å². The largest absolute Gasteiger partial charge is 0.618 e. The highest BCUT2D eigenvalue weighted by Gasteiger charge is 1.98. The van der Waals surface area contributed by atoms with Gasteiger partial charge in [-0.3, -0.25) is 0 Å². The Balaban J connectivity index is 3.25. The molecule has 1 heterocycles. The van der Waals surface area contributed by atoms with Gasteiger partial charge in [0.05, 0.1) is 0 Å². The topological polar surface area (TPSA) is 26.9 Å². The summed E-state index contributed by atoms with van der Waals surface area (Å²) in [6.45, 7) is 3.52. The van der Waals surface area contributed by atoms with Crippen LogP contribution >= 0.6 is 0 Å². The summed E-state index contributed by atoms with van der Waals surface area (Å²) in [7, 11) is 0. The van der Waals surface area contributed by atoms with Crippen molar-refractivity contribution in [2.75, 3.05) is 0 Å². The molecule has 1 radical (unpaired) electrons. The molecule has 0 aliphatic heterocycles. The number of pyridine rings is 1. The molecule has 0 aliphatic rings. The van der Waals surface area contributed by atoms with Gasteiger partial charge in [-0.05, 0) is 6.07 Å². The normalized spacial score (nSPS) is 9.56. The summed E-state index contributed by atoms with van der Waals surface area (Å²) in [4.78, 5) is 0. The Hall–Kier alpha value is -1.05. The number of rotatable bonds is 0. The number of aromatic nitrogens is 1. The number of aryl methyl sites for hydroxylation is 2. The first-order chi connectivity index (χ1) is 4.22. The lowest BCUT2D eigenvalue weighted by Crippen LogP contribution is -2.33. The molecule has 1 aromatic rings. The van der Waals surface area contributed by atoms with Crippen LogP contribution in [0.3, 0.4) is 0 Å². The Kier molecular flexibility index (Phi) is 1.39. The molecular weight excluding hydrogens is 114 g/mol. The van der Waals surface area contributed by atoms with Gasteiger partial charge in [0, 0.05) is 26.0 Å². The maximum Gasteiger partial charge on any atom is 0.190 e. The zero-order valence-corrected chi connectivity index (χ0v) is 5.51. The van der Waals surface area contributed by atoms with Crippen molar-refractivity contribution in [1.82, 2.24) is 0 Å². The van der Waals surface area contributed by atoms with Gasteiger partial charge < -0.3 is 5.21 Å². The molecule has 0 unspecified atom stereocenters. The standard InChI is InChI=1S/C7H8NO/c1-6-4-3-5-7(2)8(6)9/h4-5H,1-2H3. The van der Waals surface area contributed by atoms with E-state index in [1.54, 1.807) is 26.0 Å². The van der Waals surface area contributed by atoms with Crippen molar-refractivity contribution in [3.05, 3.63) is 34.8 Å². The maximum absolute atomic E-state index is 10.9. The smallest absolute Gasteiger partial charge is 0.190 e. The molecule has 0 aliphatic carbocycles. The molecule has 0 atom stereocenters. The van der Waals surface area contributed by atoms with Crippen LogP contribution in [0.15, 0.2) is 12.1 Å². The van der Waals surface area contributed by atoms with Crippen LogP contribution in [0.5, 0.6) is 0 Å². The van der Waals surface area contributed by atoms with Crippen LogP contribution in [0.4, 0.5) is 0 Å². The second kappa shape index (κ2) is 2.05. The van der Waals surface area contributed by atoms with Crippen LogP contribution in [0.2, 0.25) is 0 Å². The van der Waals surface area contributed by atoms with E-state index >= 15 is 0 Å². The third-order valence-electron chi connectivity index (χ3n) is 1.23. The van der Waals surface area contributed by atoms with Gasteiger partial charge in [0.2, 0.25) is 0 Å². The van der Waals surface area contributed by atoms with Crippen molar-refractivity contribution in [1.29, 1.82) is 0 Å². The molecule has 0 saturated heterocycles. The van der Waals surface area contributed by atoms with Crippen LogP contribution < -0.4 is 4.73 Å². The molecule has 2 heteroatoms. The van der Waals surface area contributed by atoms with Gasteiger partial charge in [-0.1, -0.05) is 0 Å². The summed E-state index contributed by atoms with van der Waals surface area (Å²) < 4.78 is 0.885. The first-order valence-corrected chi connectivity index (χ1v) is 2.78. The van der Waals surface area contributed by atoms with Crippen molar-refractivity contribution in [3.63, 3.8) is 0 Å². The summed E-state index contributed by atoms with van der Waals surface area (Å²) in [5, 5.41) is 10.9. The minimum atomic E-state index is 0.690. The van der Waals surface area contributed by atoms with Gasteiger partial charge >= 0.3 is 0 Å². The van der Waals surface area contributed by atoms with Crippen LogP contribution in [0.1, 0.15) is 11.4 Å². The van der Waals surface area contributed by atoms with Crippen LogP contribution in [0.25, 0.3) is 0 Å². The van der Waals surface area contributed by atoms with E-state index in [0.717, 1.165) is 4.73 Å². The third kappa shape index (κ3) is 1.02. The molecule has 0 fully saturated rings. The van der Waals surface area contributed by atoms with Crippen molar-refractivity contribution in [3.8, 4) is 0 Å². The molecule has 0 bridgehead atoms. The van der Waals surface area contributed by atoms with Gasteiger partial charge in [-0.25, -0.2) is 0 Å². The fourth-order valence-electron chi connectivity index (χ4n) is 0.678. The SMILES string of the molecule is Cc1c[c]cc(C)[n+]1[O-]. The van der Waals surface area contributed by atoms with Crippen molar-refractivity contribution in [2.45, 2.75) is 13.8 Å². The second-order valence-electron chi connectivity index (χ2n) is 2.03. The van der Waals surface area contributed by atoms with E-state index in [4.69, 9.17) is 0 Å². The summed E-state index contributed by atoms with van der Waals surface area (Å²) in [6, 6.07) is 6.18. The zero-order chi connectivity index (χ0) is 6.85. The molecule has 9 heavy (non-hydrogen) atoms. The zero-order valence-electron chi connectivity index (χ0n) is 5.51. The average Bonchev–Trinajstić information content (AvgIpc) is 1.83. The van der Waals surface area contributed by atoms with E-state index < -0.39 is 0 Å². The first-order valence-electron chi connectivity index (χ1n) is 2.78. The Bertz CT molecular complexity index is 200. The van der Waals surface area contributed by atoms with Crippen molar-refractivity contribution >= 4 is 0 Å². The van der Waals surface area contributed by atoms with E-state index in [1.165, 1.54) is 0 Å². The third-order valence-corrected chi connectivity index (χ3v) is 1.23. The Morgan fingerprint density at radius 1 is 1.33 bits per heavy atom. The Morgan fingerprint density at radius 2 is 1.78 bits per heavy atom. The fraction of sp³-hybridized carbons (Fsp3) is 0.286. The summed E-state index contributed by atoms with van der Waals surface area (Å²) in [6.07, 6.45) is 0. The molecule has 1 aromatic heterocycles. The van der Waals surface area contributed by atoms with Gasteiger partial charge in [0.15, 0.2) is 11.4 Å². The van der Waals surface area contributed by atoms with Crippen LogP contribution in [-0.2, 0) is 0 Å². The number of hydrogen-bond donors (Lipinski definition) is 0. The quantitative estimate of drug-likeness (QED) is 0.368. The molecule has 47 valence electrons. The summed E-state index contributed by atoms with van der Waals surface area (Å²) in [5.41, 5.74) is 1.38. The first kappa shape index (κ1) is 6.08. The van der Waals surface area contributed by atoms with Gasteiger partial charge in [-0.2, -0.15) is 4.73 Å². The van der Waals surface area contributed by atoms with Gasteiger partial charge in [-0.15, -0.1) is 0 Å². The minimum Gasteiger partial charge on any atom is -0.618 e. The predicted octanol–water partition coefficient (Wildman–Crippen LogP) is 0.737. The highest BCUT2D eigenvalue weighted by atomic mass is 16.5. The Labute approximate surface area is 54.3 Å². The highest BCUT2D eigenvalue weighted by Crippen LogP contribution is 1.90. The van der Waals surface area contributed by atoms with E-state index in [2.05, 4.69) is 6.07 Å². The molecule has 2 nitrogen and oxygen atoms in total.